The van der Waals surface area contributed by atoms with Crippen LogP contribution in [0, 0.1) is 5.92 Å². The van der Waals surface area contributed by atoms with Crippen molar-refractivity contribution in [1.29, 1.82) is 0 Å². The lowest BCUT2D eigenvalue weighted by Gasteiger charge is -2.26. The molecule has 0 saturated heterocycles. The molecule has 1 aromatic carbocycles. The summed E-state index contributed by atoms with van der Waals surface area (Å²) in [7, 11) is 0. The van der Waals surface area contributed by atoms with Crippen molar-refractivity contribution in [2.75, 3.05) is 26.3 Å². The van der Waals surface area contributed by atoms with E-state index in [0.29, 0.717) is 25.0 Å². The maximum Gasteiger partial charge on any atom is 0.161 e. The van der Waals surface area contributed by atoms with E-state index in [0.717, 1.165) is 24.6 Å². The van der Waals surface area contributed by atoms with Crippen molar-refractivity contribution in [3.05, 3.63) is 23.8 Å². The van der Waals surface area contributed by atoms with Crippen LogP contribution < -0.4 is 14.8 Å². The van der Waals surface area contributed by atoms with E-state index in [2.05, 4.69) is 38.2 Å². The maximum absolute atomic E-state index is 5.69. The average Bonchev–Trinajstić information content (AvgIpc) is 2.47. The van der Waals surface area contributed by atoms with Crippen molar-refractivity contribution >= 4 is 0 Å². The zero-order valence-corrected chi connectivity index (χ0v) is 12.2. The Labute approximate surface area is 116 Å². The molecule has 1 aromatic rings. The van der Waals surface area contributed by atoms with Gasteiger partial charge in [-0.2, -0.15) is 0 Å². The summed E-state index contributed by atoms with van der Waals surface area (Å²) in [6.07, 6.45) is 1.19. The Kier molecular flexibility index (Phi) is 5.08. The van der Waals surface area contributed by atoms with Crippen LogP contribution in [0.3, 0.4) is 0 Å². The summed E-state index contributed by atoms with van der Waals surface area (Å²) in [5, 5.41) is 3.47. The normalized spacial score (nSPS) is 17.0. The number of rotatable bonds is 6. The Morgan fingerprint density at radius 3 is 2.58 bits per heavy atom. The van der Waals surface area contributed by atoms with Crippen LogP contribution in [-0.2, 0) is 0 Å². The molecule has 0 saturated carbocycles. The van der Waals surface area contributed by atoms with Gasteiger partial charge >= 0.3 is 0 Å². The first-order valence-corrected chi connectivity index (χ1v) is 7.36. The third-order valence-electron chi connectivity index (χ3n) is 3.94. The lowest BCUT2D eigenvalue weighted by atomic mass is 9.85. The third-order valence-corrected chi connectivity index (χ3v) is 3.94. The summed E-state index contributed by atoms with van der Waals surface area (Å²) in [4.78, 5) is 0. The highest BCUT2D eigenvalue weighted by Crippen LogP contribution is 2.35. The molecule has 2 rings (SSSR count). The van der Waals surface area contributed by atoms with Crippen molar-refractivity contribution in [3.63, 3.8) is 0 Å². The van der Waals surface area contributed by atoms with Crippen molar-refractivity contribution in [1.82, 2.24) is 5.32 Å². The zero-order chi connectivity index (χ0) is 13.7. The van der Waals surface area contributed by atoms with E-state index in [1.807, 2.05) is 6.07 Å². The van der Waals surface area contributed by atoms with Gasteiger partial charge in [-0.25, -0.2) is 0 Å². The number of hydrogen-bond acceptors (Lipinski definition) is 3. The summed E-state index contributed by atoms with van der Waals surface area (Å²) < 4.78 is 11.3. The van der Waals surface area contributed by atoms with E-state index in [1.54, 1.807) is 0 Å². The van der Waals surface area contributed by atoms with Crippen LogP contribution >= 0.6 is 0 Å². The van der Waals surface area contributed by atoms with Gasteiger partial charge in [-0.3, -0.25) is 0 Å². The van der Waals surface area contributed by atoms with Crippen LogP contribution in [0.2, 0.25) is 0 Å². The van der Waals surface area contributed by atoms with E-state index in [4.69, 9.17) is 9.47 Å². The summed E-state index contributed by atoms with van der Waals surface area (Å²) in [6, 6.07) is 6.38. The van der Waals surface area contributed by atoms with Crippen molar-refractivity contribution in [3.8, 4) is 11.5 Å². The van der Waals surface area contributed by atoms with Gasteiger partial charge in [-0.15, -0.1) is 0 Å². The van der Waals surface area contributed by atoms with Crippen LogP contribution in [0.5, 0.6) is 11.5 Å². The SMILES string of the molecule is CCNCC(c1ccc2c(c1)OCCO2)C(C)CC. The fourth-order valence-corrected chi connectivity index (χ4v) is 2.52. The molecule has 1 aliphatic heterocycles. The molecule has 1 N–H and O–H groups in total. The molecule has 1 heterocycles. The Balaban J connectivity index is 2.20. The molecule has 0 amide bonds. The van der Waals surface area contributed by atoms with E-state index in [9.17, 15) is 0 Å². The summed E-state index contributed by atoms with van der Waals surface area (Å²) in [6.45, 7) is 10.1. The van der Waals surface area contributed by atoms with Gasteiger partial charge in [0.15, 0.2) is 11.5 Å². The molecular weight excluding hydrogens is 238 g/mol. The van der Waals surface area contributed by atoms with Gasteiger partial charge in [0.25, 0.3) is 0 Å². The number of fused-ring (bicyclic) bond motifs is 1. The molecule has 1 aliphatic rings. The van der Waals surface area contributed by atoms with E-state index < -0.39 is 0 Å². The molecule has 0 radical (unpaired) electrons. The molecule has 0 spiro atoms. The Morgan fingerprint density at radius 1 is 1.16 bits per heavy atom. The number of ether oxygens (including phenoxy) is 2. The molecule has 3 nitrogen and oxygen atoms in total. The van der Waals surface area contributed by atoms with Crippen molar-refractivity contribution in [2.45, 2.75) is 33.1 Å². The zero-order valence-electron chi connectivity index (χ0n) is 12.2. The van der Waals surface area contributed by atoms with Crippen LogP contribution in [-0.4, -0.2) is 26.3 Å². The minimum atomic E-state index is 0.528. The van der Waals surface area contributed by atoms with Crippen LogP contribution in [0.25, 0.3) is 0 Å². The molecule has 2 atom stereocenters. The first kappa shape index (κ1) is 14.2. The topological polar surface area (TPSA) is 30.5 Å². The van der Waals surface area contributed by atoms with Crippen molar-refractivity contribution < 1.29 is 9.47 Å². The maximum atomic E-state index is 5.69. The van der Waals surface area contributed by atoms with Gasteiger partial charge in [0.05, 0.1) is 0 Å². The smallest absolute Gasteiger partial charge is 0.161 e. The number of nitrogens with one attached hydrogen (secondary N) is 1. The predicted octanol–water partition coefficient (Wildman–Crippen LogP) is 3.20. The first-order chi connectivity index (χ1) is 9.26. The monoisotopic (exact) mass is 263 g/mol. The van der Waals surface area contributed by atoms with Gasteiger partial charge in [-0.05, 0) is 36.1 Å². The number of likely N-dealkylation sites (N-methyl/N-ethyl adjacent to an activating group) is 1. The highest BCUT2D eigenvalue weighted by molar-refractivity contribution is 5.45. The molecule has 0 aliphatic carbocycles. The van der Waals surface area contributed by atoms with Gasteiger partial charge < -0.3 is 14.8 Å². The molecule has 0 bridgehead atoms. The first-order valence-electron chi connectivity index (χ1n) is 7.36. The van der Waals surface area contributed by atoms with Crippen LogP contribution in [0.1, 0.15) is 38.7 Å². The van der Waals surface area contributed by atoms with E-state index in [-0.39, 0.29) is 0 Å². The average molecular weight is 263 g/mol. The quantitative estimate of drug-likeness (QED) is 0.855. The van der Waals surface area contributed by atoms with Crippen LogP contribution in [0.15, 0.2) is 18.2 Å². The third kappa shape index (κ3) is 3.41. The lowest BCUT2D eigenvalue weighted by Crippen LogP contribution is -2.25. The standard InChI is InChI=1S/C16H25NO2/c1-4-12(3)14(11-17-5-2)13-6-7-15-16(10-13)19-9-8-18-15/h6-7,10,12,14,17H,4-5,8-9,11H2,1-3H3. The second-order valence-corrected chi connectivity index (χ2v) is 5.20. The molecule has 0 aromatic heterocycles. The van der Waals surface area contributed by atoms with Crippen LogP contribution in [0.4, 0.5) is 0 Å². The Morgan fingerprint density at radius 2 is 1.89 bits per heavy atom. The van der Waals surface area contributed by atoms with E-state index >= 15 is 0 Å². The largest absolute Gasteiger partial charge is 0.486 e. The van der Waals surface area contributed by atoms with Gasteiger partial charge in [-0.1, -0.05) is 33.3 Å². The second-order valence-electron chi connectivity index (χ2n) is 5.20. The molecular formula is C16H25NO2. The molecule has 0 fully saturated rings. The summed E-state index contributed by atoms with van der Waals surface area (Å²) >= 11 is 0. The minimum absolute atomic E-state index is 0.528. The highest BCUT2D eigenvalue weighted by Gasteiger charge is 2.20. The van der Waals surface area contributed by atoms with Crippen molar-refractivity contribution in [2.24, 2.45) is 5.92 Å². The second kappa shape index (κ2) is 6.80. The Bertz CT molecular complexity index is 406. The number of hydrogen-bond donors (Lipinski definition) is 1. The van der Waals surface area contributed by atoms with Gasteiger partial charge in [0, 0.05) is 6.54 Å². The number of benzene rings is 1. The fourth-order valence-electron chi connectivity index (χ4n) is 2.52. The van der Waals surface area contributed by atoms with Gasteiger partial charge in [0.1, 0.15) is 13.2 Å². The highest BCUT2D eigenvalue weighted by atomic mass is 16.6. The fraction of sp³-hybridized carbons (Fsp3) is 0.625. The summed E-state index contributed by atoms with van der Waals surface area (Å²) in [5.41, 5.74) is 1.35. The molecule has 2 unspecified atom stereocenters. The Hall–Kier alpha value is -1.22. The summed E-state index contributed by atoms with van der Waals surface area (Å²) in [5.74, 6) is 2.96. The molecule has 106 valence electrons. The van der Waals surface area contributed by atoms with Gasteiger partial charge in [0.2, 0.25) is 0 Å². The minimum Gasteiger partial charge on any atom is -0.486 e. The molecule has 3 heteroatoms. The predicted molar refractivity (Wildman–Crippen MR) is 78.2 cm³/mol. The molecule has 19 heavy (non-hydrogen) atoms. The van der Waals surface area contributed by atoms with E-state index in [1.165, 1.54) is 12.0 Å². The lowest BCUT2D eigenvalue weighted by molar-refractivity contribution is 0.171.